The quantitative estimate of drug-likeness (QED) is 0.273. The van der Waals surface area contributed by atoms with E-state index >= 15 is 0 Å². The van der Waals surface area contributed by atoms with E-state index in [9.17, 15) is 9.59 Å². The van der Waals surface area contributed by atoms with Gasteiger partial charge in [-0.2, -0.15) is 0 Å². The number of hydrogen-bond acceptors (Lipinski definition) is 6. The van der Waals surface area contributed by atoms with Crippen molar-refractivity contribution < 1.29 is 28.5 Å². The molecule has 4 atom stereocenters. The van der Waals surface area contributed by atoms with E-state index < -0.39 is 10.8 Å². The Morgan fingerprint density at radius 3 is 1.94 bits per heavy atom. The number of unbranched alkanes of at least 4 members (excludes halogenated alkanes) is 2. The van der Waals surface area contributed by atoms with Crippen LogP contribution in [0.15, 0.2) is 0 Å². The Hall–Kier alpha value is -1.22. The predicted molar refractivity (Wildman–Crippen MR) is 120 cm³/mol. The topological polar surface area (TPSA) is 102 Å². The molecule has 0 radical (unpaired) electrons. The fourth-order valence-electron chi connectivity index (χ4n) is 4.51. The van der Waals surface area contributed by atoms with Crippen LogP contribution in [0.5, 0.6) is 0 Å². The molecule has 2 heterocycles. The van der Waals surface area contributed by atoms with Gasteiger partial charge in [-0.25, -0.2) is 0 Å². The van der Waals surface area contributed by atoms with Crippen LogP contribution >= 0.6 is 0 Å². The number of epoxide rings is 2. The molecule has 2 saturated heterocycles. The standard InChI is InChI=1S/C24H42N2O6/c1-23(2)20(21(27)25-10-4-6-12-29-14-18-16-31-18)8-9-24(23,3)22(28)26-11-5-7-13-30-15-19-17-32-19/h18-20H,4-17H2,1-3H3,(H,25,27)(H,26,28). The molecule has 2 N–H and O–H groups in total. The van der Waals surface area contributed by atoms with Crippen molar-refractivity contribution in [3.05, 3.63) is 0 Å². The lowest BCUT2D eigenvalue weighted by atomic mass is 9.65. The molecule has 0 aromatic rings. The van der Waals surface area contributed by atoms with Crippen LogP contribution in [-0.4, -0.2) is 76.8 Å². The number of ether oxygens (including phenoxy) is 4. The van der Waals surface area contributed by atoms with Gasteiger partial charge in [0.25, 0.3) is 0 Å². The highest BCUT2D eigenvalue weighted by Gasteiger charge is 2.57. The molecule has 8 nitrogen and oxygen atoms in total. The molecule has 3 aliphatic rings. The second-order valence-corrected chi connectivity index (χ2v) is 10.2. The van der Waals surface area contributed by atoms with Crippen molar-refractivity contribution >= 4 is 11.8 Å². The summed E-state index contributed by atoms with van der Waals surface area (Å²) in [5.41, 5.74) is -0.949. The lowest BCUT2D eigenvalue weighted by Crippen LogP contribution is -2.49. The van der Waals surface area contributed by atoms with Crippen LogP contribution in [0.25, 0.3) is 0 Å². The van der Waals surface area contributed by atoms with E-state index in [2.05, 4.69) is 24.5 Å². The zero-order chi connectivity index (χ0) is 23.0. The molecule has 3 fully saturated rings. The molecule has 2 aliphatic heterocycles. The van der Waals surface area contributed by atoms with Crippen LogP contribution in [-0.2, 0) is 28.5 Å². The third kappa shape index (κ3) is 7.14. The lowest BCUT2D eigenvalue weighted by Gasteiger charge is -2.40. The van der Waals surface area contributed by atoms with Gasteiger partial charge in [0.15, 0.2) is 0 Å². The molecular weight excluding hydrogens is 412 g/mol. The van der Waals surface area contributed by atoms with Crippen molar-refractivity contribution in [2.24, 2.45) is 16.7 Å². The zero-order valence-corrected chi connectivity index (χ0v) is 20.1. The van der Waals surface area contributed by atoms with Gasteiger partial charge in [0.05, 0.1) is 31.8 Å². The summed E-state index contributed by atoms with van der Waals surface area (Å²) in [6.45, 7) is 11.8. The minimum atomic E-state index is -0.548. The van der Waals surface area contributed by atoms with Crippen LogP contribution in [0, 0.1) is 16.7 Å². The number of hydrogen-bond donors (Lipinski definition) is 2. The van der Waals surface area contributed by atoms with Gasteiger partial charge in [0.1, 0.15) is 12.2 Å². The van der Waals surface area contributed by atoms with Gasteiger partial charge in [-0.15, -0.1) is 0 Å². The lowest BCUT2D eigenvalue weighted by molar-refractivity contribution is -0.138. The molecule has 0 aromatic heterocycles. The van der Waals surface area contributed by atoms with E-state index in [4.69, 9.17) is 18.9 Å². The second kappa shape index (κ2) is 11.8. The summed E-state index contributed by atoms with van der Waals surface area (Å²) in [5, 5.41) is 6.18. The molecule has 3 rings (SSSR count). The largest absolute Gasteiger partial charge is 0.379 e. The van der Waals surface area contributed by atoms with E-state index in [1.54, 1.807) is 0 Å². The first-order valence-electron chi connectivity index (χ1n) is 12.3. The highest BCUT2D eigenvalue weighted by molar-refractivity contribution is 5.87. The summed E-state index contributed by atoms with van der Waals surface area (Å²) in [6, 6.07) is 0. The Balaban J connectivity index is 1.30. The summed E-state index contributed by atoms with van der Waals surface area (Å²) < 4.78 is 21.3. The van der Waals surface area contributed by atoms with Crippen LogP contribution in [0.3, 0.4) is 0 Å². The first-order valence-corrected chi connectivity index (χ1v) is 12.3. The normalized spacial score (nSPS) is 30.2. The number of rotatable bonds is 16. The second-order valence-electron chi connectivity index (χ2n) is 10.2. The van der Waals surface area contributed by atoms with E-state index in [1.165, 1.54) is 0 Å². The first kappa shape index (κ1) is 25.4. The van der Waals surface area contributed by atoms with E-state index in [1.807, 2.05) is 6.92 Å². The zero-order valence-electron chi connectivity index (χ0n) is 20.1. The SMILES string of the molecule is CC1(C(=O)NCCCCOCC2CO2)CCC(C(=O)NCCCCOCC2CO2)C1(C)C. The first-order chi connectivity index (χ1) is 15.3. The molecular formula is C24H42N2O6. The minimum absolute atomic E-state index is 0.0573. The molecule has 32 heavy (non-hydrogen) atoms. The molecule has 1 saturated carbocycles. The summed E-state index contributed by atoms with van der Waals surface area (Å²) in [4.78, 5) is 25.9. The molecule has 0 aromatic carbocycles. The summed E-state index contributed by atoms with van der Waals surface area (Å²) >= 11 is 0. The van der Waals surface area contributed by atoms with Gasteiger partial charge in [-0.05, 0) is 43.9 Å². The fourth-order valence-corrected chi connectivity index (χ4v) is 4.51. The number of carbonyl (C=O) groups is 2. The van der Waals surface area contributed by atoms with Crippen molar-refractivity contribution in [1.29, 1.82) is 0 Å². The van der Waals surface area contributed by atoms with Gasteiger partial charge in [-0.3, -0.25) is 9.59 Å². The van der Waals surface area contributed by atoms with Crippen molar-refractivity contribution in [1.82, 2.24) is 10.6 Å². The number of nitrogens with one attached hydrogen (secondary N) is 2. The molecule has 1 aliphatic carbocycles. The van der Waals surface area contributed by atoms with Crippen LogP contribution in [0.2, 0.25) is 0 Å². The van der Waals surface area contributed by atoms with E-state index in [-0.39, 0.29) is 17.7 Å². The minimum Gasteiger partial charge on any atom is -0.379 e. The number of carbonyl (C=O) groups excluding carboxylic acids is 2. The number of amides is 2. The maximum Gasteiger partial charge on any atom is 0.226 e. The Morgan fingerprint density at radius 1 is 0.875 bits per heavy atom. The van der Waals surface area contributed by atoms with Crippen molar-refractivity contribution in [2.45, 2.75) is 71.5 Å². The smallest absolute Gasteiger partial charge is 0.226 e. The predicted octanol–water partition coefficient (Wildman–Crippen LogP) is 2.05. The van der Waals surface area contributed by atoms with Gasteiger partial charge in [-0.1, -0.05) is 20.8 Å². The van der Waals surface area contributed by atoms with E-state index in [0.29, 0.717) is 51.7 Å². The monoisotopic (exact) mass is 454 g/mol. The Labute approximate surface area is 192 Å². The van der Waals surface area contributed by atoms with Crippen LogP contribution in [0.1, 0.15) is 59.3 Å². The summed E-state index contributed by atoms with van der Waals surface area (Å²) in [7, 11) is 0. The van der Waals surface area contributed by atoms with Gasteiger partial charge in [0, 0.05) is 32.2 Å². The van der Waals surface area contributed by atoms with Gasteiger partial charge in [0.2, 0.25) is 11.8 Å². The third-order valence-electron chi connectivity index (χ3n) is 7.47. The van der Waals surface area contributed by atoms with Crippen molar-refractivity contribution in [3.63, 3.8) is 0 Å². The fraction of sp³-hybridized carbons (Fsp3) is 0.917. The summed E-state index contributed by atoms with van der Waals surface area (Å²) in [5.74, 6) is -0.0305. The van der Waals surface area contributed by atoms with Crippen molar-refractivity contribution in [2.75, 3.05) is 52.7 Å². The third-order valence-corrected chi connectivity index (χ3v) is 7.47. The maximum atomic E-state index is 13.0. The Morgan fingerprint density at radius 2 is 1.41 bits per heavy atom. The Kier molecular flexibility index (Phi) is 9.34. The van der Waals surface area contributed by atoms with Gasteiger partial charge >= 0.3 is 0 Å². The molecule has 4 unspecified atom stereocenters. The molecule has 0 spiro atoms. The Bertz CT molecular complexity index is 620. The highest BCUT2D eigenvalue weighted by Crippen LogP contribution is 2.56. The highest BCUT2D eigenvalue weighted by atomic mass is 16.6. The average molecular weight is 455 g/mol. The van der Waals surface area contributed by atoms with Crippen molar-refractivity contribution in [3.8, 4) is 0 Å². The molecule has 184 valence electrons. The molecule has 0 bridgehead atoms. The van der Waals surface area contributed by atoms with Crippen LogP contribution in [0.4, 0.5) is 0 Å². The maximum absolute atomic E-state index is 13.0. The summed E-state index contributed by atoms with van der Waals surface area (Å²) in [6.07, 6.45) is 5.67. The molecule has 2 amide bonds. The van der Waals surface area contributed by atoms with Gasteiger partial charge < -0.3 is 29.6 Å². The van der Waals surface area contributed by atoms with Crippen LogP contribution < -0.4 is 10.6 Å². The van der Waals surface area contributed by atoms with E-state index in [0.717, 1.165) is 51.7 Å². The average Bonchev–Trinajstić information content (AvgIpc) is 3.67. The molecule has 8 heteroatoms.